The van der Waals surface area contributed by atoms with Crippen LogP contribution in [0.5, 0.6) is 5.75 Å². The van der Waals surface area contributed by atoms with Crippen molar-refractivity contribution in [2.45, 2.75) is 70.2 Å². The maximum atomic E-state index is 13.9. The molecule has 29 heavy (non-hydrogen) atoms. The minimum Gasteiger partial charge on any atom is -0.490 e. The Morgan fingerprint density at radius 3 is 2.03 bits per heavy atom. The third kappa shape index (κ3) is 4.82. The van der Waals surface area contributed by atoms with Crippen LogP contribution in [0.15, 0.2) is 30.3 Å². The quantitative estimate of drug-likeness (QED) is 0.568. The monoisotopic (exact) mass is 415 g/mol. The molecule has 0 bridgehead atoms. The summed E-state index contributed by atoms with van der Waals surface area (Å²) in [4.78, 5) is 0. The molecule has 2 N–H and O–H groups in total. The summed E-state index contributed by atoms with van der Waals surface area (Å²) < 4.78 is 74.3. The van der Waals surface area contributed by atoms with E-state index in [1.807, 2.05) is 0 Å². The minimum atomic E-state index is -4.61. The predicted molar refractivity (Wildman–Crippen MR) is 103 cm³/mol. The van der Waals surface area contributed by atoms with Crippen molar-refractivity contribution in [1.29, 1.82) is 0 Å². The number of ether oxygens (including phenoxy) is 1. The highest BCUT2D eigenvalue weighted by molar-refractivity contribution is 5.89. The fraction of sp³-hybridized carbons (Fsp3) is 0.545. The van der Waals surface area contributed by atoms with E-state index in [0.29, 0.717) is 18.2 Å². The van der Waals surface area contributed by atoms with E-state index in [1.54, 1.807) is 32.0 Å². The molecule has 0 heterocycles. The molecule has 7 heteroatoms. The first-order valence-electron chi connectivity index (χ1n) is 9.74. The lowest BCUT2D eigenvalue weighted by molar-refractivity contribution is -0.138. The van der Waals surface area contributed by atoms with Gasteiger partial charge < -0.3 is 10.5 Å². The molecular weight excluding hydrogens is 389 g/mol. The highest BCUT2D eigenvalue weighted by atomic mass is 19.4. The molecule has 1 aliphatic rings. The first kappa shape index (κ1) is 21.8. The molecule has 3 rings (SSSR count). The molecule has 0 aliphatic heterocycles. The van der Waals surface area contributed by atoms with Gasteiger partial charge in [0.1, 0.15) is 11.3 Å². The average molecular weight is 415 g/mol. The summed E-state index contributed by atoms with van der Waals surface area (Å²) in [6.45, 7) is 4.46. The molecule has 160 valence electrons. The summed E-state index contributed by atoms with van der Waals surface area (Å²) >= 11 is 0. The van der Waals surface area contributed by atoms with Crippen LogP contribution >= 0.6 is 0 Å². The summed E-state index contributed by atoms with van der Waals surface area (Å²) in [5.74, 6) is -3.78. The van der Waals surface area contributed by atoms with Gasteiger partial charge in [0, 0.05) is 11.5 Å². The Labute approximate surface area is 167 Å². The van der Waals surface area contributed by atoms with Gasteiger partial charge in [0.05, 0.1) is 6.10 Å². The lowest BCUT2D eigenvalue weighted by atomic mass is 9.83. The second kappa shape index (κ2) is 7.42. The van der Waals surface area contributed by atoms with Crippen molar-refractivity contribution in [3.05, 3.63) is 41.5 Å². The number of halogens is 5. The Kier molecular flexibility index (Phi) is 5.58. The lowest BCUT2D eigenvalue weighted by Gasteiger charge is -2.32. The van der Waals surface area contributed by atoms with Gasteiger partial charge in [-0.15, -0.1) is 0 Å². The van der Waals surface area contributed by atoms with Crippen LogP contribution < -0.4 is 10.5 Å². The topological polar surface area (TPSA) is 35.2 Å². The van der Waals surface area contributed by atoms with Gasteiger partial charge in [0.15, 0.2) is 0 Å². The van der Waals surface area contributed by atoms with E-state index in [2.05, 4.69) is 0 Å². The summed E-state index contributed by atoms with van der Waals surface area (Å²) in [5.41, 5.74) is 5.28. The van der Waals surface area contributed by atoms with Crippen molar-refractivity contribution in [2.75, 3.05) is 0 Å². The Morgan fingerprint density at radius 1 is 0.897 bits per heavy atom. The Balaban J connectivity index is 1.92. The molecule has 0 atom stereocenters. The van der Waals surface area contributed by atoms with Gasteiger partial charge in [0.2, 0.25) is 5.92 Å². The summed E-state index contributed by atoms with van der Waals surface area (Å²) in [6.07, 6.45) is -4.03. The zero-order valence-corrected chi connectivity index (χ0v) is 16.7. The van der Waals surface area contributed by atoms with E-state index in [0.717, 1.165) is 12.5 Å². The number of hydrogen-bond acceptors (Lipinski definition) is 2. The number of fused-ring (bicyclic) bond motifs is 1. The van der Waals surface area contributed by atoms with Crippen LogP contribution in [0.1, 0.15) is 57.6 Å². The molecule has 0 unspecified atom stereocenters. The highest BCUT2D eigenvalue weighted by Crippen LogP contribution is 2.44. The van der Waals surface area contributed by atoms with E-state index in [-0.39, 0.29) is 24.0 Å². The standard InChI is InChI=1S/C22H26F5NO/c1-20(2,28)15-7-10-17-13(12-15)4-11-18(19(17)22(25,26)27)29-16-8-5-14(6-9-16)21(3,23)24/h4,7,10-12,14,16H,5-6,8-9,28H2,1-3H3. The van der Waals surface area contributed by atoms with E-state index < -0.39 is 35.2 Å². The van der Waals surface area contributed by atoms with E-state index >= 15 is 0 Å². The van der Waals surface area contributed by atoms with Crippen molar-refractivity contribution in [1.82, 2.24) is 0 Å². The maximum Gasteiger partial charge on any atom is 0.420 e. The van der Waals surface area contributed by atoms with Crippen molar-refractivity contribution in [3.8, 4) is 5.75 Å². The van der Waals surface area contributed by atoms with Crippen LogP contribution in [0.2, 0.25) is 0 Å². The van der Waals surface area contributed by atoms with Crippen LogP contribution in [0.4, 0.5) is 22.0 Å². The molecule has 1 aliphatic carbocycles. The van der Waals surface area contributed by atoms with Crippen LogP contribution in [0.3, 0.4) is 0 Å². The lowest BCUT2D eigenvalue weighted by Crippen LogP contribution is -2.33. The summed E-state index contributed by atoms with van der Waals surface area (Å²) in [7, 11) is 0. The van der Waals surface area contributed by atoms with Crippen LogP contribution in [-0.2, 0) is 11.7 Å². The maximum absolute atomic E-state index is 13.9. The molecule has 0 aromatic heterocycles. The van der Waals surface area contributed by atoms with Gasteiger partial charge in [-0.1, -0.05) is 18.2 Å². The molecule has 0 spiro atoms. The fourth-order valence-electron chi connectivity index (χ4n) is 3.97. The molecule has 2 nitrogen and oxygen atoms in total. The third-order valence-corrected chi connectivity index (χ3v) is 5.69. The molecule has 0 saturated heterocycles. The third-order valence-electron chi connectivity index (χ3n) is 5.69. The van der Waals surface area contributed by atoms with E-state index in [1.165, 1.54) is 12.1 Å². The number of rotatable bonds is 4. The smallest absolute Gasteiger partial charge is 0.420 e. The van der Waals surface area contributed by atoms with Crippen molar-refractivity contribution < 1.29 is 26.7 Å². The van der Waals surface area contributed by atoms with E-state index in [9.17, 15) is 22.0 Å². The Bertz CT molecular complexity index is 872. The highest BCUT2D eigenvalue weighted by Gasteiger charge is 2.40. The van der Waals surface area contributed by atoms with Crippen molar-refractivity contribution in [2.24, 2.45) is 11.7 Å². The van der Waals surface area contributed by atoms with E-state index in [4.69, 9.17) is 10.5 Å². The molecule has 1 saturated carbocycles. The normalized spacial score (nSPS) is 21.4. The van der Waals surface area contributed by atoms with Gasteiger partial charge >= 0.3 is 6.18 Å². The first-order chi connectivity index (χ1) is 13.3. The predicted octanol–water partition coefficient (Wildman–Crippen LogP) is 6.65. The van der Waals surface area contributed by atoms with Gasteiger partial charge in [-0.05, 0) is 74.9 Å². The van der Waals surface area contributed by atoms with Crippen molar-refractivity contribution >= 4 is 10.8 Å². The second-order valence-electron chi connectivity index (χ2n) is 8.64. The zero-order valence-electron chi connectivity index (χ0n) is 16.7. The van der Waals surface area contributed by atoms with Gasteiger partial charge in [0.25, 0.3) is 0 Å². The number of benzene rings is 2. The minimum absolute atomic E-state index is 0.0387. The summed E-state index contributed by atoms with van der Waals surface area (Å²) in [6, 6.07) is 7.57. The summed E-state index contributed by atoms with van der Waals surface area (Å²) in [5, 5.41) is 0.465. The van der Waals surface area contributed by atoms with Crippen LogP contribution in [0, 0.1) is 5.92 Å². The fourth-order valence-corrected chi connectivity index (χ4v) is 3.97. The molecule has 2 aromatic rings. The van der Waals surface area contributed by atoms with Gasteiger partial charge in [-0.2, -0.15) is 13.2 Å². The van der Waals surface area contributed by atoms with Gasteiger partial charge in [-0.3, -0.25) is 0 Å². The molecule has 0 radical (unpaired) electrons. The van der Waals surface area contributed by atoms with Gasteiger partial charge in [-0.25, -0.2) is 8.78 Å². The van der Waals surface area contributed by atoms with Crippen LogP contribution in [0.25, 0.3) is 10.8 Å². The molecule has 1 fully saturated rings. The number of nitrogens with two attached hydrogens (primary N) is 1. The average Bonchev–Trinajstić information content (AvgIpc) is 2.59. The SMILES string of the molecule is CC(C)(N)c1ccc2c(C(F)(F)F)c(OC3CCC(C(C)(F)F)CC3)ccc2c1. The molecular formula is C22H26F5NO. The molecule has 0 amide bonds. The largest absolute Gasteiger partial charge is 0.490 e. The second-order valence-corrected chi connectivity index (χ2v) is 8.64. The van der Waals surface area contributed by atoms with Crippen molar-refractivity contribution in [3.63, 3.8) is 0 Å². The first-order valence-corrected chi connectivity index (χ1v) is 9.74. The molecule has 2 aromatic carbocycles. The zero-order chi connectivity index (χ0) is 21.6. The Morgan fingerprint density at radius 2 is 1.52 bits per heavy atom. The number of alkyl halides is 5. The van der Waals surface area contributed by atoms with Crippen LogP contribution in [-0.4, -0.2) is 12.0 Å². The Hall–Kier alpha value is -1.89. The number of hydrogen-bond donors (Lipinski definition) is 1.